The molecule has 0 aliphatic heterocycles. The van der Waals surface area contributed by atoms with Gasteiger partial charge in [-0.3, -0.25) is 0 Å². The van der Waals surface area contributed by atoms with Crippen molar-refractivity contribution in [2.45, 2.75) is 32.2 Å². The summed E-state index contributed by atoms with van der Waals surface area (Å²) in [6.07, 6.45) is 2.49. The molecule has 2 N–H and O–H groups in total. The van der Waals surface area contributed by atoms with E-state index in [9.17, 15) is 4.39 Å². The molecule has 1 aromatic carbocycles. The number of hydrogen-bond donors (Lipinski definition) is 1. The number of methoxy groups -OCH3 is 1. The van der Waals surface area contributed by atoms with Crippen LogP contribution in [0.25, 0.3) is 0 Å². The second-order valence-electron chi connectivity index (χ2n) is 4.52. The number of halogens is 1. The van der Waals surface area contributed by atoms with Gasteiger partial charge in [-0.2, -0.15) is 0 Å². The molecule has 1 aromatic rings. The molecule has 1 unspecified atom stereocenters. The third-order valence-electron chi connectivity index (χ3n) is 2.50. The predicted octanol–water partition coefficient (Wildman–Crippen LogP) is 2.52. The molecule has 4 heteroatoms. The summed E-state index contributed by atoms with van der Waals surface area (Å²) in [6, 6.07) is 4.77. The lowest BCUT2D eigenvalue weighted by atomic mass is 10.1. The van der Waals surface area contributed by atoms with Crippen LogP contribution in [0.3, 0.4) is 0 Å². The molecule has 0 fully saturated rings. The first-order valence-electron chi connectivity index (χ1n) is 6.28. The molecule has 0 saturated carbocycles. The Kier molecular flexibility index (Phi) is 6.68. The molecular weight excluding hydrogens is 233 g/mol. The van der Waals surface area contributed by atoms with Gasteiger partial charge in [0.15, 0.2) is 0 Å². The summed E-state index contributed by atoms with van der Waals surface area (Å²) >= 11 is 0. The molecule has 0 heterocycles. The first kappa shape index (κ1) is 14.9. The lowest BCUT2D eigenvalue weighted by Crippen LogP contribution is -2.17. The van der Waals surface area contributed by atoms with Crippen LogP contribution in [-0.2, 0) is 11.2 Å². The summed E-state index contributed by atoms with van der Waals surface area (Å²) in [5, 5.41) is 0. The van der Waals surface area contributed by atoms with E-state index in [4.69, 9.17) is 15.2 Å². The Bertz CT molecular complexity index is 356. The van der Waals surface area contributed by atoms with Gasteiger partial charge in [0.25, 0.3) is 0 Å². The van der Waals surface area contributed by atoms with Crippen LogP contribution < -0.4 is 10.5 Å². The zero-order chi connectivity index (χ0) is 13.4. The van der Waals surface area contributed by atoms with Gasteiger partial charge in [0.05, 0.1) is 6.61 Å². The zero-order valence-corrected chi connectivity index (χ0v) is 11.1. The van der Waals surface area contributed by atoms with Gasteiger partial charge in [-0.15, -0.1) is 0 Å². The Balaban J connectivity index is 2.46. The van der Waals surface area contributed by atoms with Crippen LogP contribution in [0.2, 0.25) is 0 Å². The molecule has 0 radical (unpaired) electrons. The number of rotatable bonds is 8. The monoisotopic (exact) mass is 255 g/mol. The van der Waals surface area contributed by atoms with Crippen LogP contribution in [0.5, 0.6) is 5.75 Å². The Labute approximate surface area is 108 Å². The average molecular weight is 255 g/mol. The van der Waals surface area contributed by atoms with Crippen LogP contribution >= 0.6 is 0 Å². The molecule has 0 bridgehead atoms. The molecule has 0 spiro atoms. The minimum absolute atomic E-state index is 0.0151. The minimum Gasteiger partial charge on any atom is -0.493 e. The summed E-state index contributed by atoms with van der Waals surface area (Å²) in [6.45, 7) is 3.20. The number of unbranched alkanes of at least 4 members (excludes halogenated alkanes) is 1. The molecule has 18 heavy (non-hydrogen) atoms. The van der Waals surface area contributed by atoms with Crippen LogP contribution in [0.4, 0.5) is 4.39 Å². The van der Waals surface area contributed by atoms with Gasteiger partial charge in [0.2, 0.25) is 0 Å². The molecule has 0 amide bonds. The third-order valence-corrected chi connectivity index (χ3v) is 2.50. The second kappa shape index (κ2) is 8.06. The minimum atomic E-state index is -0.278. The molecule has 1 atom stereocenters. The first-order valence-corrected chi connectivity index (χ1v) is 6.28. The van der Waals surface area contributed by atoms with Crippen molar-refractivity contribution >= 4 is 0 Å². The molecule has 0 saturated heterocycles. The summed E-state index contributed by atoms with van der Waals surface area (Å²) in [5.41, 5.74) is 6.57. The summed E-state index contributed by atoms with van der Waals surface area (Å²) in [5.74, 6) is 0.295. The van der Waals surface area contributed by atoms with E-state index in [2.05, 4.69) is 0 Å². The fraction of sp³-hybridized carbons (Fsp3) is 0.571. The van der Waals surface area contributed by atoms with Gasteiger partial charge in [0.1, 0.15) is 11.6 Å². The van der Waals surface area contributed by atoms with Crippen LogP contribution in [0.15, 0.2) is 18.2 Å². The highest BCUT2D eigenvalue weighted by atomic mass is 19.1. The van der Waals surface area contributed by atoms with Gasteiger partial charge in [0, 0.05) is 25.8 Å². The van der Waals surface area contributed by atoms with E-state index < -0.39 is 0 Å². The van der Waals surface area contributed by atoms with Crippen molar-refractivity contribution in [3.63, 3.8) is 0 Å². The molecule has 1 rings (SSSR count). The lowest BCUT2D eigenvalue weighted by molar-refractivity contribution is 0.184. The van der Waals surface area contributed by atoms with E-state index in [1.54, 1.807) is 7.11 Å². The van der Waals surface area contributed by atoms with Gasteiger partial charge in [-0.1, -0.05) is 0 Å². The molecular formula is C14H22FNO2. The number of nitrogens with two attached hydrogens (primary N) is 1. The molecule has 102 valence electrons. The first-order chi connectivity index (χ1) is 8.61. The SMILES string of the molecule is COCCCCOc1cc(F)cc(CC(C)N)c1. The Hall–Kier alpha value is -1.13. The van der Waals surface area contributed by atoms with Crippen LogP contribution in [-0.4, -0.2) is 26.4 Å². The average Bonchev–Trinajstić information content (AvgIpc) is 2.27. The highest BCUT2D eigenvalue weighted by Crippen LogP contribution is 2.17. The maximum Gasteiger partial charge on any atom is 0.127 e. The normalized spacial score (nSPS) is 12.4. The topological polar surface area (TPSA) is 44.5 Å². The quantitative estimate of drug-likeness (QED) is 0.726. The van der Waals surface area contributed by atoms with Crippen LogP contribution in [0.1, 0.15) is 25.3 Å². The zero-order valence-electron chi connectivity index (χ0n) is 11.1. The third kappa shape index (κ3) is 5.98. The van der Waals surface area contributed by atoms with Gasteiger partial charge < -0.3 is 15.2 Å². The van der Waals surface area contributed by atoms with Crippen molar-refractivity contribution in [1.82, 2.24) is 0 Å². The number of hydrogen-bond acceptors (Lipinski definition) is 3. The Morgan fingerprint density at radius 2 is 1.94 bits per heavy atom. The highest BCUT2D eigenvalue weighted by molar-refractivity contribution is 5.30. The van der Waals surface area contributed by atoms with E-state index in [-0.39, 0.29) is 11.9 Å². The van der Waals surface area contributed by atoms with Gasteiger partial charge >= 0.3 is 0 Å². The van der Waals surface area contributed by atoms with E-state index in [0.717, 1.165) is 25.0 Å². The molecule has 0 aliphatic rings. The smallest absolute Gasteiger partial charge is 0.127 e. The van der Waals surface area contributed by atoms with E-state index in [1.165, 1.54) is 12.1 Å². The molecule has 0 aliphatic carbocycles. The van der Waals surface area contributed by atoms with Crippen molar-refractivity contribution in [2.24, 2.45) is 5.73 Å². The summed E-state index contributed by atoms with van der Waals surface area (Å²) < 4.78 is 23.8. The molecule has 0 aromatic heterocycles. The van der Waals surface area contributed by atoms with E-state index in [1.807, 2.05) is 13.0 Å². The van der Waals surface area contributed by atoms with Crippen molar-refractivity contribution in [1.29, 1.82) is 0 Å². The van der Waals surface area contributed by atoms with Crippen molar-refractivity contribution < 1.29 is 13.9 Å². The van der Waals surface area contributed by atoms with E-state index in [0.29, 0.717) is 18.8 Å². The van der Waals surface area contributed by atoms with Gasteiger partial charge in [-0.25, -0.2) is 4.39 Å². The van der Waals surface area contributed by atoms with E-state index >= 15 is 0 Å². The Morgan fingerprint density at radius 1 is 1.22 bits per heavy atom. The second-order valence-corrected chi connectivity index (χ2v) is 4.52. The van der Waals surface area contributed by atoms with Crippen molar-refractivity contribution in [3.8, 4) is 5.75 Å². The number of benzene rings is 1. The Morgan fingerprint density at radius 3 is 2.61 bits per heavy atom. The standard InChI is InChI=1S/C14H22FNO2/c1-11(16)7-12-8-13(15)10-14(9-12)18-6-4-3-5-17-2/h8-11H,3-7,16H2,1-2H3. The summed E-state index contributed by atoms with van der Waals surface area (Å²) in [7, 11) is 1.67. The van der Waals surface area contributed by atoms with Crippen molar-refractivity contribution in [2.75, 3.05) is 20.3 Å². The lowest BCUT2D eigenvalue weighted by Gasteiger charge is -2.10. The van der Waals surface area contributed by atoms with Crippen molar-refractivity contribution in [3.05, 3.63) is 29.6 Å². The fourth-order valence-corrected chi connectivity index (χ4v) is 1.73. The highest BCUT2D eigenvalue weighted by Gasteiger charge is 2.04. The largest absolute Gasteiger partial charge is 0.493 e. The summed E-state index contributed by atoms with van der Waals surface area (Å²) in [4.78, 5) is 0. The maximum absolute atomic E-state index is 13.4. The fourth-order valence-electron chi connectivity index (χ4n) is 1.73. The van der Waals surface area contributed by atoms with Crippen LogP contribution in [0, 0.1) is 5.82 Å². The molecule has 3 nitrogen and oxygen atoms in total. The predicted molar refractivity (Wildman–Crippen MR) is 70.4 cm³/mol. The number of ether oxygens (including phenoxy) is 2. The maximum atomic E-state index is 13.4. The van der Waals surface area contributed by atoms with Gasteiger partial charge in [-0.05, 0) is 43.9 Å².